The molecule has 1 heterocycles. The number of halogens is 1. The molecule has 2 atom stereocenters. The van der Waals surface area contributed by atoms with E-state index in [1.165, 1.54) is 0 Å². The lowest BCUT2D eigenvalue weighted by Gasteiger charge is -2.35. The standard InChI is InChI=1S/C16H25N3O2.ClH/c1-11-5-6-15(21-4)14(7-11)18-16(20)10-19-8-12(2)17-13(3)9-19;/h5-7,12-13,17H,8-10H2,1-4H3,(H,18,20);1H. The molecule has 6 heteroatoms. The van der Waals surface area contributed by atoms with Crippen molar-refractivity contribution in [3.63, 3.8) is 0 Å². The number of amides is 1. The number of nitrogens with zero attached hydrogens (tertiary/aromatic N) is 1. The highest BCUT2D eigenvalue weighted by Crippen LogP contribution is 2.25. The topological polar surface area (TPSA) is 53.6 Å². The van der Waals surface area contributed by atoms with Gasteiger partial charge in [0.05, 0.1) is 19.3 Å². The molecule has 1 amide bonds. The molecule has 0 bridgehead atoms. The summed E-state index contributed by atoms with van der Waals surface area (Å²) in [6.07, 6.45) is 0. The van der Waals surface area contributed by atoms with Gasteiger partial charge in [0.1, 0.15) is 5.75 Å². The Morgan fingerprint density at radius 2 is 2.00 bits per heavy atom. The lowest BCUT2D eigenvalue weighted by Crippen LogP contribution is -2.55. The van der Waals surface area contributed by atoms with Crippen molar-refractivity contribution in [1.29, 1.82) is 0 Å². The zero-order valence-electron chi connectivity index (χ0n) is 13.7. The van der Waals surface area contributed by atoms with Gasteiger partial charge in [-0.15, -0.1) is 12.4 Å². The van der Waals surface area contributed by atoms with Crippen molar-refractivity contribution >= 4 is 24.0 Å². The van der Waals surface area contributed by atoms with E-state index < -0.39 is 0 Å². The van der Waals surface area contributed by atoms with Crippen molar-refractivity contribution in [3.8, 4) is 5.75 Å². The van der Waals surface area contributed by atoms with Crippen molar-refractivity contribution in [1.82, 2.24) is 10.2 Å². The van der Waals surface area contributed by atoms with Crippen LogP contribution < -0.4 is 15.4 Å². The molecule has 1 fully saturated rings. The number of ether oxygens (including phenoxy) is 1. The quantitative estimate of drug-likeness (QED) is 0.888. The summed E-state index contributed by atoms with van der Waals surface area (Å²) in [5, 5.41) is 6.42. The van der Waals surface area contributed by atoms with Crippen LogP contribution >= 0.6 is 12.4 Å². The summed E-state index contributed by atoms with van der Waals surface area (Å²) in [5.74, 6) is 0.691. The van der Waals surface area contributed by atoms with Crippen molar-refractivity contribution in [2.45, 2.75) is 32.9 Å². The first kappa shape index (κ1) is 18.7. The lowest BCUT2D eigenvalue weighted by molar-refractivity contribution is -0.117. The summed E-state index contributed by atoms with van der Waals surface area (Å²) in [7, 11) is 1.61. The molecule has 1 aliphatic rings. The minimum Gasteiger partial charge on any atom is -0.495 e. The average molecular weight is 328 g/mol. The Hall–Kier alpha value is -1.30. The zero-order valence-corrected chi connectivity index (χ0v) is 14.5. The van der Waals surface area contributed by atoms with Gasteiger partial charge in [-0.3, -0.25) is 9.69 Å². The third-order valence-corrected chi connectivity index (χ3v) is 3.63. The smallest absolute Gasteiger partial charge is 0.238 e. The molecule has 22 heavy (non-hydrogen) atoms. The molecule has 0 aliphatic carbocycles. The average Bonchev–Trinajstić information content (AvgIpc) is 2.37. The second kappa shape index (κ2) is 8.36. The molecule has 1 aromatic carbocycles. The van der Waals surface area contributed by atoms with Gasteiger partial charge >= 0.3 is 0 Å². The van der Waals surface area contributed by atoms with Crippen LogP contribution in [0.2, 0.25) is 0 Å². The Morgan fingerprint density at radius 1 is 1.36 bits per heavy atom. The molecule has 5 nitrogen and oxygen atoms in total. The zero-order chi connectivity index (χ0) is 15.4. The summed E-state index contributed by atoms with van der Waals surface area (Å²) in [5.41, 5.74) is 1.83. The monoisotopic (exact) mass is 327 g/mol. The van der Waals surface area contributed by atoms with E-state index in [1.54, 1.807) is 7.11 Å². The third-order valence-electron chi connectivity index (χ3n) is 3.63. The normalized spacial score (nSPS) is 21.8. The number of aryl methyl sites for hydroxylation is 1. The highest BCUT2D eigenvalue weighted by atomic mass is 35.5. The third kappa shape index (κ3) is 5.16. The summed E-state index contributed by atoms with van der Waals surface area (Å²) in [4.78, 5) is 14.4. The SMILES string of the molecule is COc1ccc(C)cc1NC(=O)CN1CC(C)NC(C)C1.Cl. The first-order chi connectivity index (χ1) is 9.97. The molecule has 2 rings (SSSR count). The molecule has 0 saturated carbocycles. The highest BCUT2D eigenvalue weighted by Gasteiger charge is 2.22. The predicted molar refractivity (Wildman–Crippen MR) is 92.1 cm³/mol. The van der Waals surface area contributed by atoms with Crippen molar-refractivity contribution in [2.24, 2.45) is 0 Å². The molecule has 0 radical (unpaired) electrons. The van der Waals surface area contributed by atoms with Crippen LogP contribution in [-0.2, 0) is 4.79 Å². The number of methoxy groups -OCH3 is 1. The maximum Gasteiger partial charge on any atom is 0.238 e. The van der Waals surface area contributed by atoms with Crippen LogP contribution in [-0.4, -0.2) is 49.6 Å². The van der Waals surface area contributed by atoms with Gasteiger partial charge in [0, 0.05) is 25.2 Å². The van der Waals surface area contributed by atoms with Crippen LogP contribution in [0.25, 0.3) is 0 Å². The molecule has 2 N–H and O–H groups in total. The Balaban J connectivity index is 0.00000242. The van der Waals surface area contributed by atoms with Gasteiger partial charge in [-0.1, -0.05) is 6.07 Å². The highest BCUT2D eigenvalue weighted by molar-refractivity contribution is 5.93. The fourth-order valence-corrected chi connectivity index (χ4v) is 2.88. The molecule has 124 valence electrons. The van der Waals surface area contributed by atoms with Crippen LogP contribution in [0.4, 0.5) is 5.69 Å². The lowest BCUT2D eigenvalue weighted by atomic mass is 10.1. The Kier molecular flexibility index (Phi) is 7.13. The van der Waals surface area contributed by atoms with Crippen molar-refractivity contribution < 1.29 is 9.53 Å². The molecule has 2 unspecified atom stereocenters. The number of benzene rings is 1. The molecule has 1 saturated heterocycles. The summed E-state index contributed by atoms with van der Waals surface area (Å²) in [6.45, 7) is 8.47. The van der Waals surface area contributed by atoms with Crippen LogP contribution in [0.5, 0.6) is 5.75 Å². The van der Waals surface area contributed by atoms with Crippen molar-refractivity contribution in [3.05, 3.63) is 23.8 Å². The van der Waals surface area contributed by atoms with Crippen LogP contribution in [0.1, 0.15) is 19.4 Å². The number of hydrogen-bond acceptors (Lipinski definition) is 4. The molecular weight excluding hydrogens is 302 g/mol. The van der Waals surface area contributed by atoms with E-state index >= 15 is 0 Å². The van der Waals surface area contributed by atoms with Crippen LogP contribution in [0.15, 0.2) is 18.2 Å². The maximum absolute atomic E-state index is 12.2. The fourth-order valence-electron chi connectivity index (χ4n) is 2.88. The van der Waals surface area contributed by atoms with Crippen LogP contribution in [0.3, 0.4) is 0 Å². The number of carbonyl (C=O) groups is 1. The number of anilines is 1. The minimum absolute atomic E-state index is 0. The number of nitrogens with one attached hydrogen (secondary N) is 2. The van der Waals surface area contributed by atoms with E-state index in [2.05, 4.69) is 29.4 Å². The minimum atomic E-state index is 0. The summed E-state index contributed by atoms with van der Waals surface area (Å²) >= 11 is 0. The van der Waals surface area contributed by atoms with Gasteiger partial charge in [-0.25, -0.2) is 0 Å². The van der Waals surface area contributed by atoms with Gasteiger partial charge < -0.3 is 15.4 Å². The first-order valence-electron chi connectivity index (χ1n) is 7.41. The van der Waals surface area contributed by atoms with Gasteiger partial charge in [-0.05, 0) is 38.5 Å². The van der Waals surface area contributed by atoms with Gasteiger partial charge in [0.2, 0.25) is 5.91 Å². The first-order valence-corrected chi connectivity index (χ1v) is 7.41. The molecular formula is C16H26ClN3O2. The maximum atomic E-state index is 12.2. The number of rotatable bonds is 4. The van der Waals surface area contributed by atoms with E-state index in [0.29, 0.717) is 24.4 Å². The molecule has 1 aliphatic heterocycles. The van der Waals surface area contributed by atoms with E-state index in [-0.39, 0.29) is 18.3 Å². The second-order valence-electron chi connectivity index (χ2n) is 5.91. The number of hydrogen-bond donors (Lipinski definition) is 2. The van der Waals surface area contributed by atoms with Gasteiger partial charge in [0.25, 0.3) is 0 Å². The van der Waals surface area contributed by atoms with Crippen molar-refractivity contribution in [2.75, 3.05) is 32.1 Å². The van der Waals surface area contributed by atoms with Gasteiger partial charge in [0.15, 0.2) is 0 Å². The van der Waals surface area contributed by atoms with E-state index in [1.807, 2.05) is 25.1 Å². The number of carbonyl (C=O) groups excluding carboxylic acids is 1. The van der Waals surface area contributed by atoms with Crippen LogP contribution in [0, 0.1) is 6.92 Å². The van der Waals surface area contributed by atoms with E-state index in [0.717, 1.165) is 24.3 Å². The second-order valence-corrected chi connectivity index (χ2v) is 5.91. The largest absolute Gasteiger partial charge is 0.495 e. The Bertz CT molecular complexity index is 500. The predicted octanol–water partition coefficient (Wildman–Crippen LogP) is 2.05. The number of piperazine rings is 1. The fraction of sp³-hybridized carbons (Fsp3) is 0.562. The Labute approximate surface area is 138 Å². The van der Waals surface area contributed by atoms with Gasteiger partial charge in [-0.2, -0.15) is 0 Å². The molecule has 1 aromatic rings. The summed E-state index contributed by atoms with van der Waals surface area (Å²) < 4.78 is 5.29. The molecule has 0 aromatic heterocycles. The Morgan fingerprint density at radius 3 is 2.59 bits per heavy atom. The van der Waals surface area contributed by atoms with E-state index in [9.17, 15) is 4.79 Å². The molecule has 0 spiro atoms. The van der Waals surface area contributed by atoms with E-state index in [4.69, 9.17) is 4.74 Å². The summed E-state index contributed by atoms with van der Waals surface area (Å²) in [6, 6.07) is 6.60.